The fourth-order valence-corrected chi connectivity index (χ4v) is 18.0. The van der Waals surface area contributed by atoms with Crippen LogP contribution in [-0.4, -0.2) is 140 Å². The van der Waals surface area contributed by atoms with E-state index in [1.165, 1.54) is 0 Å². The number of carbonyl (C=O) groups is 2. The minimum Gasteiger partial charge on any atom is -0.390 e. The summed E-state index contributed by atoms with van der Waals surface area (Å²) in [5.41, 5.74) is -7.66. The molecule has 8 aliphatic carbocycles. The van der Waals surface area contributed by atoms with Crippen molar-refractivity contribution in [3.8, 4) is 0 Å². The van der Waals surface area contributed by atoms with E-state index in [0.29, 0.717) is 70.6 Å². The van der Waals surface area contributed by atoms with Crippen molar-refractivity contribution in [1.82, 2.24) is 0 Å². The van der Waals surface area contributed by atoms with E-state index in [4.69, 9.17) is 14.2 Å². The van der Waals surface area contributed by atoms with Crippen LogP contribution in [0.25, 0.3) is 0 Å². The quantitative estimate of drug-likeness (QED) is 0.0811. The van der Waals surface area contributed by atoms with E-state index >= 15 is 0 Å². The molecule has 14 heteroatoms. The Morgan fingerprint density at radius 3 is 1.58 bits per heavy atom. The van der Waals surface area contributed by atoms with Gasteiger partial charge in [-0.05, 0) is 216 Å². The van der Waals surface area contributed by atoms with Crippen molar-refractivity contribution in [2.24, 2.45) is 57.2 Å². The highest BCUT2D eigenvalue weighted by molar-refractivity contribution is 5.95. The molecule has 10 unspecified atom stereocenters. The molecule has 1 aliphatic heterocycles. The molecule has 76 heavy (non-hydrogen) atoms. The van der Waals surface area contributed by atoms with E-state index in [0.717, 1.165) is 30.4 Å². The maximum atomic E-state index is 13.6. The summed E-state index contributed by atoms with van der Waals surface area (Å²) in [6.07, 6.45) is 9.95. The largest absolute Gasteiger partial charge is 0.390 e. The molecule has 1 heterocycles. The number of ether oxygens (including phenoxy) is 3. The number of aliphatic hydroxyl groups excluding tert-OH is 3. The van der Waals surface area contributed by atoms with Gasteiger partial charge in [-0.1, -0.05) is 33.8 Å². The molecule has 9 N–H and O–H groups in total. The van der Waals surface area contributed by atoms with Gasteiger partial charge in [-0.15, -0.1) is 19.7 Å². The van der Waals surface area contributed by atoms with Crippen molar-refractivity contribution in [3.63, 3.8) is 0 Å². The van der Waals surface area contributed by atoms with Gasteiger partial charge in [0.1, 0.15) is 0 Å². The van der Waals surface area contributed by atoms with Crippen LogP contribution >= 0.6 is 0 Å². The Balaban J connectivity index is 0.000000214. The van der Waals surface area contributed by atoms with Crippen LogP contribution in [0.4, 0.5) is 0 Å². The number of fused-ring (bicyclic) bond motifs is 11. The molecular formula is C62H100O14. The van der Waals surface area contributed by atoms with E-state index < -0.39 is 80.1 Å². The van der Waals surface area contributed by atoms with E-state index in [1.54, 1.807) is 59.8 Å². The van der Waals surface area contributed by atoms with E-state index in [-0.39, 0.29) is 84.1 Å². The smallest absolute Gasteiger partial charge is 0.163 e. The third kappa shape index (κ3) is 10.2. The molecule has 20 atom stereocenters. The molecule has 0 radical (unpaired) electrons. The fourth-order valence-electron chi connectivity index (χ4n) is 18.0. The van der Waals surface area contributed by atoms with Crippen molar-refractivity contribution in [2.45, 2.75) is 262 Å². The molecular weight excluding hydrogens is 969 g/mol. The minimum atomic E-state index is -1.43. The Hall–Kier alpha value is -2.18. The summed E-state index contributed by atoms with van der Waals surface area (Å²) in [6.45, 7) is 32.5. The molecule has 9 rings (SSSR count). The highest BCUT2D eigenvalue weighted by Gasteiger charge is 2.71. The van der Waals surface area contributed by atoms with Crippen LogP contribution in [0, 0.1) is 57.2 Å². The van der Waals surface area contributed by atoms with E-state index in [9.17, 15) is 55.5 Å². The molecule has 1 saturated heterocycles. The van der Waals surface area contributed by atoms with Crippen molar-refractivity contribution >= 4 is 11.6 Å². The van der Waals surface area contributed by atoms with Crippen molar-refractivity contribution in [3.05, 3.63) is 49.1 Å². The van der Waals surface area contributed by atoms with Crippen LogP contribution < -0.4 is 0 Å². The first-order valence-electron chi connectivity index (χ1n) is 28.8. The fraction of sp³-hybridized carbons (Fsp3) is 0.839. The molecule has 0 amide bonds. The first kappa shape index (κ1) is 61.4. The van der Waals surface area contributed by atoms with Gasteiger partial charge in [-0.25, -0.2) is 0 Å². The molecule has 14 nitrogen and oxygen atoms in total. The summed E-state index contributed by atoms with van der Waals surface area (Å²) in [5.74, 6) is -1.83. The Labute approximate surface area is 454 Å². The van der Waals surface area contributed by atoms with Crippen LogP contribution in [0.5, 0.6) is 0 Å². The number of ketones is 2. The number of rotatable bonds is 13. The minimum absolute atomic E-state index is 0.0605. The van der Waals surface area contributed by atoms with Gasteiger partial charge in [0.2, 0.25) is 0 Å². The topological polar surface area (TPSA) is 244 Å². The van der Waals surface area contributed by atoms with E-state index in [2.05, 4.69) is 26.7 Å². The average molecular weight is 1070 g/mol. The molecule has 0 aromatic rings. The Kier molecular flexibility index (Phi) is 16.7. The van der Waals surface area contributed by atoms with Crippen molar-refractivity contribution < 1.29 is 69.8 Å². The predicted octanol–water partition coefficient (Wildman–Crippen LogP) is 7.52. The molecule has 0 bridgehead atoms. The summed E-state index contributed by atoms with van der Waals surface area (Å²) in [4.78, 5) is 27.0. The highest BCUT2D eigenvalue weighted by Crippen LogP contribution is 2.71. The second-order valence-corrected chi connectivity index (χ2v) is 28.5. The van der Waals surface area contributed by atoms with Gasteiger partial charge >= 0.3 is 0 Å². The van der Waals surface area contributed by atoms with Crippen molar-refractivity contribution in [2.75, 3.05) is 6.61 Å². The molecule has 7 fully saturated rings. The van der Waals surface area contributed by atoms with E-state index in [1.807, 2.05) is 34.6 Å². The predicted molar refractivity (Wildman–Crippen MR) is 290 cm³/mol. The maximum Gasteiger partial charge on any atom is 0.163 e. The number of allylic oxidation sites excluding steroid dienone is 2. The highest BCUT2D eigenvalue weighted by atomic mass is 16.8. The lowest BCUT2D eigenvalue weighted by Crippen LogP contribution is -2.63. The van der Waals surface area contributed by atoms with Gasteiger partial charge < -0.3 is 60.2 Å². The Morgan fingerprint density at radius 2 is 1.09 bits per heavy atom. The number of hydrogen-bond acceptors (Lipinski definition) is 14. The van der Waals surface area contributed by atoms with Crippen LogP contribution in [0.3, 0.4) is 0 Å². The molecule has 9 aliphatic rings. The lowest BCUT2D eigenvalue weighted by atomic mass is 9.45. The molecule has 6 saturated carbocycles. The SMILES string of the molecule is C=C.C=CCO[C@H](CCC(C)(C)O)[C@](C)(O)C1CC[C@@]2(O)C3=CC(=O)C4C[C@@H](O)[C@@H](O)CC4(C)C3CCC12C.CC(C)(O)CC[C@@H](O)[C@](C)(O)C1CC[C@@]2(O)C3=CC(=O)C4C[C@H]5OC(C)(C)O[C@H]5CC4(C)C3CCC12C. The Morgan fingerprint density at radius 1 is 0.645 bits per heavy atom. The Bertz CT molecular complexity index is 2240. The average Bonchev–Trinajstić information content (AvgIpc) is 3.89. The summed E-state index contributed by atoms with van der Waals surface area (Å²) in [5, 5.41) is 101. The molecule has 0 aromatic heterocycles. The lowest BCUT2D eigenvalue weighted by Gasteiger charge is -2.60. The summed E-state index contributed by atoms with van der Waals surface area (Å²) in [6, 6.07) is 0. The van der Waals surface area contributed by atoms with Gasteiger partial charge in [-0.3, -0.25) is 9.59 Å². The van der Waals surface area contributed by atoms with Crippen LogP contribution in [-0.2, 0) is 23.8 Å². The summed E-state index contributed by atoms with van der Waals surface area (Å²) >= 11 is 0. The normalized spacial score (nSPS) is 44.6. The zero-order valence-corrected chi connectivity index (χ0v) is 48.4. The standard InChI is InChI=1S/2C30H48O7.C2H4/c1-25(2,33)11-10-24(32)29(7,34)23-9-13-30(35)18-14-20(31)19-15-21-22(37-26(3,4)36-21)16-27(19,5)17(18)8-12-28(23,30)6;1-7-14-37-25(10-11-26(2,3)34)29(6,35)24-9-13-30(36)19-15-21(31)20-16-22(32)23(33)17-27(20,4)18(19)8-12-28(24,30)5;1-2/h14,17,19,21-24,32-35H,8-13,15-16H2,1-7H3;7,15,18,20,22-25,32-36H,1,8-14,16-17H2,2-6H3;1-2H2/t17?,19?,21-,22+,23?,24-,27?,28?,29-,30-;18?,20?,22-,23+,24?,25-,27?,28?,29-,30-;/m11./s1. The summed E-state index contributed by atoms with van der Waals surface area (Å²) < 4.78 is 18.5. The first-order valence-corrected chi connectivity index (χ1v) is 28.8. The zero-order chi connectivity index (χ0) is 57.0. The third-order valence-corrected chi connectivity index (χ3v) is 22.3. The third-order valence-electron chi connectivity index (χ3n) is 22.3. The second kappa shape index (κ2) is 20.7. The first-order chi connectivity index (χ1) is 34.9. The van der Waals surface area contributed by atoms with Gasteiger partial charge in [-0.2, -0.15) is 0 Å². The number of hydrogen-bond donors (Lipinski definition) is 9. The van der Waals surface area contributed by atoms with Gasteiger partial charge in [0, 0.05) is 22.7 Å². The number of aliphatic hydroxyl groups is 9. The monoisotopic (exact) mass is 1070 g/mol. The molecule has 432 valence electrons. The molecule has 0 spiro atoms. The van der Waals surface area contributed by atoms with Gasteiger partial charge in [0.15, 0.2) is 17.4 Å². The van der Waals surface area contributed by atoms with Crippen LogP contribution in [0.1, 0.15) is 186 Å². The second-order valence-electron chi connectivity index (χ2n) is 28.5. The maximum absolute atomic E-state index is 13.6. The van der Waals surface area contributed by atoms with Gasteiger partial charge in [0.05, 0.1) is 76.8 Å². The lowest BCUT2D eigenvalue weighted by molar-refractivity contribution is -0.184. The van der Waals surface area contributed by atoms with Crippen LogP contribution in [0.15, 0.2) is 49.1 Å². The number of carbonyl (C=O) groups excluding carboxylic acids is 2. The van der Waals surface area contributed by atoms with Crippen LogP contribution in [0.2, 0.25) is 0 Å². The van der Waals surface area contributed by atoms with Crippen molar-refractivity contribution in [1.29, 1.82) is 0 Å². The summed E-state index contributed by atoms with van der Waals surface area (Å²) in [7, 11) is 0. The van der Waals surface area contributed by atoms with Gasteiger partial charge in [0.25, 0.3) is 0 Å². The zero-order valence-electron chi connectivity index (χ0n) is 48.4. The molecule has 0 aromatic carbocycles.